The van der Waals surface area contributed by atoms with E-state index in [1.165, 1.54) is 13.2 Å². The van der Waals surface area contributed by atoms with Crippen molar-refractivity contribution in [1.29, 1.82) is 0 Å². The molecule has 0 fully saturated rings. The number of anilines is 1. The minimum Gasteiger partial charge on any atom is -0.497 e. The van der Waals surface area contributed by atoms with Gasteiger partial charge in [-0.2, -0.15) is 0 Å². The van der Waals surface area contributed by atoms with E-state index in [-0.39, 0.29) is 5.56 Å². The molecule has 0 spiro atoms. The van der Waals surface area contributed by atoms with Crippen LogP contribution in [-0.2, 0) is 6.54 Å². The average Bonchev–Trinajstić information content (AvgIpc) is 2.53. The molecule has 0 saturated carbocycles. The lowest BCUT2D eigenvalue weighted by Gasteiger charge is -2.11. The normalized spacial score (nSPS) is 10.0. The molecule has 0 aromatic heterocycles. The lowest BCUT2D eigenvalue weighted by Crippen LogP contribution is -2.06. The smallest absolute Gasteiger partial charge is 0.337 e. The van der Waals surface area contributed by atoms with Crippen LogP contribution >= 0.6 is 0 Å². The van der Waals surface area contributed by atoms with Crippen molar-refractivity contribution in [2.24, 2.45) is 0 Å². The van der Waals surface area contributed by atoms with Crippen molar-refractivity contribution in [3.05, 3.63) is 53.6 Å². The Balaban J connectivity index is 2.13. The summed E-state index contributed by atoms with van der Waals surface area (Å²) in [5, 5.41) is 12.4. The van der Waals surface area contributed by atoms with E-state index >= 15 is 0 Å². The fraction of sp³-hybridized carbons (Fsp3) is 0.188. The van der Waals surface area contributed by atoms with E-state index in [1.54, 1.807) is 19.2 Å². The highest BCUT2D eigenvalue weighted by molar-refractivity contribution is 5.94. The number of aromatic carboxylic acids is 1. The minimum atomic E-state index is -0.994. The van der Waals surface area contributed by atoms with Crippen LogP contribution in [0.3, 0.4) is 0 Å². The van der Waals surface area contributed by atoms with Crippen molar-refractivity contribution >= 4 is 11.7 Å². The largest absolute Gasteiger partial charge is 0.497 e. The van der Waals surface area contributed by atoms with Crippen LogP contribution in [0.25, 0.3) is 0 Å². The molecule has 0 aliphatic carbocycles. The van der Waals surface area contributed by atoms with Crippen LogP contribution in [0.2, 0.25) is 0 Å². The molecule has 5 heteroatoms. The zero-order valence-electron chi connectivity index (χ0n) is 11.9. The molecule has 0 aliphatic rings. The topological polar surface area (TPSA) is 67.8 Å². The predicted molar refractivity (Wildman–Crippen MR) is 80.3 cm³/mol. The molecule has 0 bridgehead atoms. The van der Waals surface area contributed by atoms with E-state index in [2.05, 4.69) is 5.32 Å². The molecule has 21 heavy (non-hydrogen) atoms. The van der Waals surface area contributed by atoms with Gasteiger partial charge >= 0.3 is 5.97 Å². The van der Waals surface area contributed by atoms with Gasteiger partial charge in [0.2, 0.25) is 0 Å². The van der Waals surface area contributed by atoms with Crippen LogP contribution in [0.1, 0.15) is 15.9 Å². The highest BCUT2D eigenvalue weighted by Gasteiger charge is 2.11. The Bertz CT molecular complexity index is 623. The fourth-order valence-electron chi connectivity index (χ4n) is 1.92. The molecular weight excluding hydrogens is 270 g/mol. The van der Waals surface area contributed by atoms with Gasteiger partial charge < -0.3 is 19.9 Å². The molecule has 0 amide bonds. The molecule has 2 rings (SSSR count). The van der Waals surface area contributed by atoms with Gasteiger partial charge in [-0.15, -0.1) is 0 Å². The Hall–Kier alpha value is -2.69. The molecule has 5 nitrogen and oxygen atoms in total. The van der Waals surface area contributed by atoms with Crippen molar-refractivity contribution in [2.45, 2.75) is 6.54 Å². The molecule has 0 saturated heterocycles. The Kier molecular flexibility index (Phi) is 4.66. The number of rotatable bonds is 6. The second kappa shape index (κ2) is 6.65. The first kappa shape index (κ1) is 14.7. The summed E-state index contributed by atoms with van der Waals surface area (Å²) >= 11 is 0. The van der Waals surface area contributed by atoms with Crippen molar-refractivity contribution in [2.75, 3.05) is 19.5 Å². The van der Waals surface area contributed by atoms with Crippen LogP contribution in [0.15, 0.2) is 42.5 Å². The maximum Gasteiger partial charge on any atom is 0.337 e. The van der Waals surface area contributed by atoms with Gasteiger partial charge in [-0.25, -0.2) is 4.79 Å². The zero-order chi connectivity index (χ0) is 15.2. The van der Waals surface area contributed by atoms with Gasteiger partial charge in [0.25, 0.3) is 0 Å². The number of nitrogens with one attached hydrogen (secondary N) is 1. The summed E-state index contributed by atoms with van der Waals surface area (Å²) in [6, 6.07) is 12.5. The first-order chi connectivity index (χ1) is 10.1. The van der Waals surface area contributed by atoms with Crippen molar-refractivity contribution < 1.29 is 19.4 Å². The van der Waals surface area contributed by atoms with E-state index in [1.807, 2.05) is 24.3 Å². The summed E-state index contributed by atoms with van der Waals surface area (Å²) < 4.78 is 10.1. The summed E-state index contributed by atoms with van der Waals surface area (Å²) in [5.74, 6) is 0.308. The van der Waals surface area contributed by atoms with Crippen LogP contribution in [0.4, 0.5) is 5.69 Å². The van der Waals surface area contributed by atoms with E-state index < -0.39 is 5.97 Å². The number of benzene rings is 2. The van der Waals surface area contributed by atoms with Crippen molar-refractivity contribution in [3.8, 4) is 11.5 Å². The second-order valence-electron chi connectivity index (χ2n) is 4.42. The first-order valence-corrected chi connectivity index (χ1v) is 6.42. The van der Waals surface area contributed by atoms with Crippen LogP contribution in [0.5, 0.6) is 11.5 Å². The van der Waals surface area contributed by atoms with E-state index in [0.717, 1.165) is 11.3 Å². The second-order valence-corrected chi connectivity index (χ2v) is 4.42. The maximum atomic E-state index is 11.3. The minimum absolute atomic E-state index is 0.183. The van der Waals surface area contributed by atoms with Gasteiger partial charge in [-0.1, -0.05) is 12.1 Å². The Morgan fingerprint density at radius 3 is 2.24 bits per heavy atom. The van der Waals surface area contributed by atoms with Gasteiger partial charge in [-0.3, -0.25) is 0 Å². The van der Waals surface area contributed by atoms with Crippen LogP contribution < -0.4 is 14.8 Å². The lowest BCUT2D eigenvalue weighted by molar-refractivity contribution is 0.0697. The molecule has 0 heterocycles. The van der Waals surface area contributed by atoms with E-state index in [0.29, 0.717) is 18.0 Å². The predicted octanol–water partition coefficient (Wildman–Crippen LogP) is 3.01. The Morgan fingerprint density at radius 2 is 1.67 bits per heavy atom. The van der Waals surface area contributed by atoms with Gasteiger partial charge in [0.05, 0.1) is 19.8 Å². The number of carboxylic acids is 1. The van der Waals surface area contributed by atoms with Crippen LogP contribution in [0, 0.1) is 0 Å². The Morgan fingerprint density at radius 1 is 1.05 bits per heavy atom. The molecule has 2 N–H and O–H groups in total. The summed E-state index contributed by atoms with van der Waals surface area (Å²) in [5.41, 5.74) is 1.77. The molecular formula is C16H17NO4. The number of hydrogen-bond acceptors (Lipinski definition) is 4. The first-order valence-electron chi connectivity index (χ1n) is 6.42. The van der Waals surface area contributed by atoms with Gasteiger partial charge in [0, 0.05) is 12.2 Å². The standard InChI is InChI=1S/C16H17NO4/c1-20-12-5-3-11(4-6-12)10-17-15-8-7-13(21-2)9-14(15)16(18)19/h3-9,17H,10H2,1-2H3,(H,18,19). The molecule has 2 aromatic rings. The average molecular weight is 287 g/mol. The summed E-state index contributed by atoms with van der Waals surface area (Å²) in [6.07, 6.45) is 0. The molecule has 110 valence electrons. The molecule has 0 radical (unpaired) electrons. The highest BCUT2D eigenvalue weighted by atomic mass is 16.5. The number of methoxy groups -OCH3 is 2. The molecule has 0 unspecified atom stereocenters. The SMILES string of the molecule is COc1ccc(CNc2ccc(OC)cc2C(=O)O)cc1. The summed E-state index contributed by atoms with van der Waals surface area (Å²) in [6.45, 7) is 0.524. The third kappa shape index (κ3) is 3.66. The van der Waals surface area contributed by atoms with Gasteiger partial charge in [-0.05, 0) is 35.9 Å². The number of carbonyl (C=O) groups is 1. The highest BCUT2D eigenvalue weighted by Crippen LogP contribution is 2.23. The summed E-state index contributed by atoms with van der Waals surface area (Å²) in [7, 11) is 3.12. The van der Waals surface area contributed by atoms with E-state index in [9.17, 15) is 9.90 Å². The van der Waals surface area contributed by atoms with Crippen LogP contribution in [-0.4, -0.2) is 25.3 Å². The molecule has 0 atom stereocenters. The van der Waals surface area contributed by atoms with E-state index in [4.69, 9.17) is 9.47 Å². The lowest BCUT2D eigenvalue weighted by atomic mass is 10.1. The van der Waals surface area contributed by atoms with Gasteiger partial charge in [0.15, 0.2) is 0 Å². The number of ether oxygens (including phenoxy) is 2. The third-order valence-corrected chi connectivity index (χ3v) is 3.10. The van der Waals surface area contributed by atoms with Gasteiger partial charge in [0.1, 0.15) is 11.5 Å². The Labute approximate surface area is 123 Å². The quantitative estimate of drug-likeness (QED) is 0.854. The summed E-state index contributed by atoms with van der Waals surface area (Å²) in [4.78, 5) is 11.3. The molecule has 2 aromatic carbocycles. The number of carboxylic acid groups (broad SMARTS) is 1. The monoisotopic (exact) mass is 287 g/mol. The maximum absolute atomic E-state index is 11.3. The van der Waals surface area contributed by atoms with Crippen molar-refractivity contribution in [3.63, 3.8) is 0 Å². The third-order valence-electron chi connectivity index (χ3n) is 3.10. The number of hydrogen-bond donors (Lipinski definition) is 2. The molecule has 0 aliphatic heterocycles. The zero-order valence-corrected chi connectivity index (χ0v) is 11.9. The van der Waals surface area contributed by atoms with Crippen molar-refractivity contribution in [1.82, 2.24) is 0 Å². The fourth-order valence-corrected chi connectivity index (χ4v) is 1.92.